The summed E-state index contributed by atoms with van der Waals surface area (Å²) >= 11 is 0. The van der Waals surface area contributed by atoms with Crippen molar-refractivity contribution in [3.63, 3.8) is 0 Å². The highest BCUT2D eigenvalue weighted by Crippen LogP contribution is 2.30. The Kier molecular flexibility index (Phi) is 3.46. The number of hydrogen-bond acceptors (Lipinski definition) is 4. The fourth-order valence-electron chi connectivity index (χ4n) is 1.85. The average molecular weight is 202 g/mol. The minimum absolute atomic E-state index is 0.225. The van der Waals surface area contributed by atoms with E-state index < -0.39 is 29.9 Å². The van der Waals surface area contributed by atoms with Crippen LogP contribution in [0.1, 0.15) is 19.3 Å². The number of aliphatic hydroxyl groups is 1. The molecular formula is C9H14O5. The molecule has 1 fully saturated rings. The van der Waals surface area contributed by atoms with Gasteiger partial charge < -0.3 is 14.9 Å². The molecule has 0 aromatic carbocycles. The van der Waals surface area contributed by atoms with E-state index in [4.69, 9.17) is 5.11 Å². The Bertz CT molecular complexity index is 237. The van der Waals surface area contributed by atoms with E-state index in [0.29, 0.717) is 6.42 Å². The van der Waals surface area contributed by atoms with Gasteiger partial charge in [0.25, 0.3) is 0 Å². The summed E-state index contributed by atoms with van der Waals surface area (Å²) in [5, 5.41) is 18.1. The third-order valence-corrected chi connectivity index (χ3v) is 2.57. The Balaban J connectivity index is 2.62. The highest BCUT2D eigenvalue weighted by molar-refractivity contribution is 5.75. The van der Waals surface area contributed by atoms with Gasteiger partial charge in [0.1, 0.15) is 0 Å². The highest BCUT2D eigenvalue weighted by Gasteiger charge is 2.35. The molecule has 0 radical (unpaired) electrons. The van der Waals surface area contributed by atoms with Crippen molar-refractivity contribution in [3.05, 3.63) is 0 Å². The second-order valence-electron chi connectivity index (χ2n) is 3.62. The van der Waals surface area contributed by atoms with E-state index in [1.807, 2.05) is 0 Å². The largest absolute Gasteiger partial charge is 0.481 e. The number of esters is 1. The zero-order valence-corrected chi connectivity index (χ0v) is 7.97. The number of hydrogen-bond donors (Lipinski definition) is 2. The zero-order valence-electron chi connectivity index (χ0n) is 7.97. The van der Waals surface area contributed by atoms with Crippen molar-refractivity contribution in [2.75, 3.05) is 7.11 Å². The molecule has 5 nitrogen and oxygen atoms in total. The number of carboxylic acids is 1. The van der Waals surface area contributed by atoms with Crippen molar-refractivity contribution in [1.29, 1.82) is 0 Å². The van der Waals surface area contributed by atoms with Crippen LogP contribution in [0, 0.1) is 11.8 Å². The maximum Gasteiger partial charge on any atom is 0.308 e. The van der Waals surface area contributed by atoms with Crippen LogP contribution in [0.4, 0.5) is 0 Å². The van der Waals surface area contributed by atoms with Crippen LogP contribution < -0.4 is 0 Å². The van der Waals surface area contributed by atoms with Crippen molar-refractivity contribution in [2.45, 2.75) is 25.4 Å². The Morgan fingerprint density at radius 1 is 1.21 bits per heavy atom. The van der Waals surface area contributed by atoms with E-state index >= 15 is 0 Å². The van der Waals surface area contributed by atoms with Crippen LogP contribution >= 0.6 is 0 Å². The average Bonchev–Trinajstić information content (AvgIpc) is 2.15. The molecular weight excluding hydrogens is 188 g/mol. The summed E-state index contributed by atoms with van der Waals surface area (Å²) in [6, 6.07) is 0. The van der Waals surface area contributed by atoms with Gasteiger partial charge in [-0.25, -0.2) is 0 Å². The molecule has 0 aromatic heterocycles. The maximum absolute atomic E-state index is 11.2. The van der Waals surface area contributed by atoms with Crippen molar-refractivity contribution >= 4 is 11.9 Å². The third kappa shape index (κ3) is 2.45. The van der Waals surface area contributed by atoms with E-state index in [-0.39, 0.29) is 12.8 Å². The van der Waals surface area contributed by atoms with E-state index in [2.05, 4.69) is 4.74 Å². The molecule has 0 amide bonds. The molecule has 0 bridgehead atoms. The normalized spacial score (nSPS) is 32.3. The van der Waals surface area contributed by atoms with Gasteiger partial charge in [-0.05, 0) is 19.3 Å². The predicted octanol–water partition coefficient (Wildman–Crippen LogP) is 0.0212. The second-order valence-corrected chi connectivity index (χ2v) is 3.62. The summed E-state index contributed by atoms with van der Waals surface area (Å²) in [4.78, 5) is 21.8. The Hall–Kier alpha value is -1.10. The van der Waals surface area contributed by atoms with Crippen LogP contribution in [-0.4, -0.2) is 35.4 Å². The van der Waals surface area contributed by atoms with Gasteiger partial charge in [-0.2, -0.15) is 0 Å². The lowest BCUT2D eigenvalue weighted by Gasteiger charge is -2.28. The summed E-state index contributed by atoms with van der Waals surface area (Å²) < 4.78 is 4.52. The topological polar surface area (TPSA) is 83.8 Å². The quantitative estimate of drug-likeness (QED) is 0.617. The molecule has 3 atom stereocenters. The standard InChI is InChI=1S/C9H14O5/c1-14-9(13)6-2-5(8(11)12)3-7(10)4-6/h5-7,10H,2-4H2,1H3,(H,11,12). The Labute approximate surface area is 81.7 Å². The van der Waals surface area contributed by atoms with Crippen molar-refractivity contribution in [2.24, 2.45) is 11.8 Å². The van der Waals surface area contributed by atoms with Crippen LogP contribution in [-0.2, 0) is 14.3 Å². The third-order valence-electron chi connectivity index (χ3n) is 2.57. The molecule has 2 N–H and O–H groups in total. The van der Waals surface area contributed by atoms with Gasteiger partial charge in [-0.1, -0.05) is 0 Å². The molecule has 1 rings (SSSR count). The zero-order chi connectivity index (χ0) is 10.7. The van der Waals surface area contributed by atoms with Crippen molar-refractivity contribution in [1.82, 2.24) is 0 Å². The summed E-state index contributed by atoms with van der Waals surface area (Å²) in [7, 11) is 1.26. The number of ether oxygens (including phenoxy) is 1. The van der Waals surface area contributed by atoms with E-state index in [0.717, 1.165) is 0 Å². The number of carbonyl (C=O) groups is 2. The molecule has 1 aliphatic carbocycles. The van der Waals surface area contributed by atoms with Gasteiger partial charge in [-0.3, -0.25) is 9.59 Å². The molecule has 3 unspecified atom stereocenters. The Morgan fingerprint density at radius 2 is 1.79 bits per heavy atom. The summed E-state index contributed by atoms with van der Waals surface area (Å²) in [5.74, 6) is -2.51. The lowest BCUT2D eigenvalue weighted by molar-refractivity contribution is -0.153. The van der Waals surface area contributed by atoms with Gasteiger partial charge in [0, 0.05) is 0 Å². The molecule has 0 spiro atoms. The van der Waals surface area contributed by atoms with Gasteiger partial charge in [0.2, 0.25) is 0 Å². The first-order chi connectivity index (χ1) is 6.54. The van der Waals surface area contributed by atoms with Crippen LogP contribution in [0.5, 0.6) is 0 Å². The number of carbonyl (C=O) groups excluding carboxylic acids is 1. The monoisotopic (exact) mass is 202 g/mol. The molecule has 1 aliphatic rings. The second kappa shape index (κ2) is 4.41. The lowest BCUT2D eigenvalue weighted by Crippen LogP contribution is -2.34. The SMILES string of the molecule is COC(=O)C1CC(O)CC(C(=O)O)C1. The molecule has 0 aliphatic heterocycles. The minimum Gasteiger partial charge on any atom is -0.481 e. The number of aliphatic hydroxyl groups excluding tert-OH is 1. The first-order valence-corrected chi connectivity index (χ1v) is 4.53. The molecule has 1 saturated carbocycles. The van der Waals surface area contributed by atoms with Crippen LogP contribution in [0.3, 0.4) is 0 Å². The van der Waals surface area contributed by atoms with Gasteiger partial charge in [0.15, 0.2) is 0 Å². The highest BCUT2D eigenvalue weighted by atomic mass is 16.5. The smallest absolute Gasteiger partial charge is 0.308 e. The lowest BCUT2D eigenvalue weighted by atomic mass is 9.80. The summed E-state index contributed by atoms with van der Waals surface area (Å²) in [6.07, 6.45) is 0.0761. The van der Waals surface area contributed by atoms with Crippen molar-refractivity contribution < 1.29 is 24.5 Å². The van der Waals surface area contributed by atoms with Gasteiger partial charge in [-0.15, -0.1) is 0 Å². The van der Waals surface area contributed by atoms with E-state index in [9.17, 15) is 14.7 Å². The number of aliphatic carboxylic acids is 1. The number of methoxy groups -OCH3 is 1. The predicted molar refractivity (Wildman–Crippen MR) is 46.5 cm³/mol. The number of carboxylic acid groups (broad SMARTS) is 1. The van der Waals surface area contributed by atoms with Crippen LogP contribution in [0.15, 0.2) is 0 Å². The van der Waals surface area contributed by atoms with Crippen LogP contribution in [0.25, 0.3) is 0 Å². The first-order valence-electron chi connectivity index (χ1n) is 4.53. The first kappa shape index (κ1) is 11.0. The Morgan fingerprint density at radius 3 is 2.29 bits per heavy atom. The van der Waals surface area contributed by atoms with Gasteiger partial charge >= 0.3 is 11.9 Å². The fourth-order valence-corrected chi connectivity index (χ4v) is 1.85. The fraction of sp³-hybridized carbons (Fsp3) is 0.778. The minimum atomic E-state index is -0.961. The van der Waals surface area contributed by atoms with E-state index in [1.54, 1.807) is 0 Å². The summed E-state index contributed by atoms with van der Waals surface area (Å²) in [5.41, 5.74) is 0. The molecule has 14 heavy (non-hydrogen) atoms. The van der Waals surface area contributed by atoms with Crippen molar-refractivity contribution in [3.8, 4) is 0 Å². The molecule has 0 heterocycles. The number of rotatable bonds is 2. The molecule has 5 heteroatoms. The van der Waals surface area contributed by atoms with Gasteiger partial charge in [0.05, 0.1) is 25.0 Å². The van der Waals surface area contributed by atoms with Crippen LogP contribution in [0.2, 0.25) is 0 Å². The van der Waals surface area contributed by atoms with E-state index in [1.165, 1.54) is 7.11 Å². The summed E-state index contributed by atoms with van der Waals surface area (Å²) in [6.45, 7) is 0. The molecule has 0 aromatic rings. The molecule has 0 saturated heterocycles. The molecule has 80 valence electrons. The maximum atomic E-state index is 11.2.